The minimum absolute atomic E-state index is 0.230. The number of rotatable bonds is 3. The second-order valence-electron chi connectivity index (χ2n) is 4.54. The molecule has 2 rings (SSSR count). The van der Waals surface area contributed by atoms with Gasteiger partial charge < -0.3 is 5.11 Å². The Labute approximate surface area is 110 Å². The SMILES string of the molecule is Cc1nn(Cc2cccc(C(=O)O)c2F)c(C)c1C. The lowest BCUT2D eigenvalue weighted by Crippen LogP contribution is -2.09. The molecule has 100 valence electrons. The van der Waals surface area contributed by atoms with Crippen LogP contribution in [0.25, 0.3) is 0 Å². The first kappa shape index (κ1) is 13.3. The van der Waals surface area contributed by atoms with E-state index < -0.39 is 11.8 Å². The van der Waals surface area contributed by atoms with Crippen molar-refractivity contribution in [1.82, 2.24) is 9.78 Å². The summed E-state index contributed by atoms with van der Waals surface area (Å²) in [5, 5.41) is 13.2. The minimum atomic E-state index is -1.26. The number of aromatic nitrogens is 2. The van der Waals surface area contributed by atoms with Gasteiger partial charge in [-0.15, -0.1) is 0 Å². The maximum Gasteiger partial charge on any atom is 0.338 e. The van der Waals surface area contributed by atoms with E-state index in [1.54, 1.807) is 16.8 Å². The number of nitrogens with zero attached hydrogens (tertiary/aromatic N) is 2. The molecule has 1 aromatic heterocycles. The molecule has 0 aliphatic heterocycles. The number of benzene rings is 1. The summed E-state index contributed by atoms with van der Waals surface area (Å²) in [5.41, 5.74) is 2.93. The second-order valence-corrected chi connectivity index (χ2v) is 4.54. The number of carbonyl (C=O) groups is 1. The van der Waals surface area contributed by atoms with Crippen LogP contribution in [0.4, 0.5) is 4.39 Å². The maximum atomic E-state index is 14.0. The van der Waals surface area contributed by atoms with Crippen molar-refractivity contribution in [3.63, 3.8) is 0 Å². The summed E-state index contributed by atoms with van der Waals surface area (Å²) in [7, 11) is 0. The van der Waals surface area contributed by atoms with Crippen LogP contribution in [0, 0.1) is 26.6 Å². The van der Waals surface area contributed by atoms with Crippen LogP contribution in [0.15, 0.2) is 18.2 Å². The van der Waals surface area contributed by atoms with Crippen molar-refractivity contribution in [2.24, 2.45) is 0 Å². The third-order valence-electron chi connectivity index (χ3n) is 3.37. The maximum absolute atomic E-state index is 14.0. The van der Waals surface area contributed by atoms with Crippen molar-refractivity contribution < 1.29 is 14.3 Å². The lowest BCUT2D eigenvalue weighted by atomic mass is 10.1. The Morgan fingerprint density at radius 3 is 2.58 bits per heavy atom. The predicted octanol–water partition coefficient (Wildman–Crippen LogP) is 2.69. The highest BCUT2D eigenvalue weighted by molar-refractivity contribution is 5.88. The fourth-order valence-corrected chi connectivity index (χ4v) is 1.97. The van der Waals surface area contributed by atoms with Crippen LogP contribution >= 0.6 is 0 Å². The molecule has 1 aromatic carbocycles. The van der Waals surface area contributed by atoms with Gasteiger partial charge in [-0.05, 0) is 32.4 Å². The lowest BCUT2D eigenvalue weighted by molar-refractivity contribution is 0.0691. The van der Waals surface area contributed by atoms with E-state index in [1.807, 2.05) is 20.8 Å². The Morgan fingerprint density at radius 1 is 1.37 bits per heavy atom. The molecule has 1 heterocycles. The molecular formula is C14H15FN2O2. The lowest BCUT2D eigenvalue weighted by Gasteiger charge is -2.08. The van der Waals surface area contributed by atoms with Crippen LogP contribution in [0.1, 0.15) is 32.9 Å². The fourth-order valence-electron chi connectivity index (χ4n) is 1.97. The Balaban J connectivity index is 2.41. The fraction of sp³-hybridized carbons (Fsp3) is 0.286. The first-order chi connectivity index (χ1) is 8.91. The highest BCUT2D eigenvalue weighted by atomic mass is 19.1. The minimum Gasteiger partial charge on any atom is -0.478 e. The van der Waals surface area contributed by atoms with Gasteiger partial charge in [-0.25, -0.2) is 9.18 Å². The molecule has 0 spiro atoms. The van der Waals surface area contributed by atoms with Gasteiger partial charge in [0.15, 0.2) is 0 Å². The first-order valence-electron chi connectivity index (χ1n) is 5.93. The van der Waals surface area contributed by atoms with Crippen LogP contribution < -0.4 is 0 Å². The van der Waals surface area contributed by atoms with Crippen molar-refractivity contribution in [1.29, 1.82) is 0 Å². The van der Waals surface area contributed by atoms with E-state index >= 15 is 0 Å². The Kier molecular flexibility index (Phi) is 3.38. The molecule has 4 nitrogen and oxygen atoms in total. The quantitative estimate of drug-likeness (QED) is 0.925. The summed E-state index contributed by atoms with van der Waals surface area (Å²) in [6.45, 7) is 5.99. The average molecular weight is 262 g/mol. The van der Waals surface area contributed by atoms with E-state index in [9.17, 15) is 9.18 Å². The zero-order valence-electron chi connectivity index (χ0n) is 11.1. The Bertz CT molecular complexity index is 647. The number of carboxylic acid groups (broad SMARTS) is 1. The first-order valence-corrected chi connectivity index (χ1v) is 5.93. The van der Waals surface area contributed by atoms with Crippen molar-refractivity contribution in [3.05, 3.63) is 52.1 Å². The van der Waals surface area contributed by atoms with Crippen molar-refractivity contribution in [3.8, 4) is 0 Å². The Hall–Kier alpha value is -2.17. The standard InChI is InChI=1S/C14H15FN2O2/c1-8-9(2)16-17(10(8)3)7-11-5-4-6-12(13(11)15)14(18)19/h4-6H,7H2,1-3H3,(H,18,19). The molecule has 0 saturated heterocycles. The smallest absolute Gasteiger partial charge is 0.338 e. The Morgan fingerprint density at radius 2 is 2.05 bits per heavy atom. The molecule has 5 heteroatoms. The molecule has 2 aromatic rings. The molecule has 0 aliphatic rings. The normalized spacial score (nSPS) is 10.7. The number of carboxylic acids is 1. The van der Waals surface area contributed by atoms with Gasteiger partial charge >= 0.3 is 5.97 Å². The molecule has 19 heavy (non-hydrogen) atoms. The van der Waals surface area contributed by atoms with Crippen LogP contribution in [0.2, 0.25) is 0 Å². The van der Waals surface area contributed by atoms with Gasteiger partial charge in [0.25, 0.3) is 0 Å². The second kappa shape index (κ2) is 4.84. The van der Waals surface area contributed by atoms with Gasteiger partial charge in [0.05, 0.1) is 17.8 Å². The van der Waals surface area contributed by atoms with E-state index in [-0.39, 0.29) is 12.1 Å². The van der Waals surface area contributed by atoms with E-state index in [1.165, 1.54) is 6.07 Å². The molecule has 0 atom stereocenters. The van der Waals surface area contributed by atoms with E-state index in [2.05, 4.69) is 5.10 Å². The van der Waals surface area contributed by atoms with E-state index in [0.717, 1.165) is 17.0 Å². The van der Waals surface area contributed by atoms with Crippen molar-refractivity contribution in [2.45, 2.75) is 27.3 Å². The average Bonchev–Trinajstić information content (AvgIpc) is 2.59. The number of aromatic carboxylic acids is 1. The topological polar surface area (TPSA) is 55.1 Å². The number of hydrogen-bond donors (Lipinski definition) is 1. The summed E-state index contributed by atoms with van der Waals surface area (Å²) in [4.78, 5) is 10.9. The van der Waals surface area contributed by atoms with Gasteiger partial charge in [0.2, 0.25) is 0 Å². The third-order valence-corrected chi connectivity index (χ3v) is 3.37. The number of halogens is 1. The molecule has 0 radical (unpaired) electrons. The van der Waals surface area contributed by atoms with E-state index in [0.29, 0.717) is 5.56 Å². The molecule has 0 saturated carbocycles. The summed E-state index contributed by atoms with van der Waals surface area (Å²) in [6, 6.07) is 4.38. The van der Waals surface area contributed by atoms with E-state index in [4.69, 9.17) is 5.11 Å². The number of hydrogen-bond acceptors (Lipinski definition) is 2. The molecule has 0 amide bonds. The van der Waals surface area contributed by atoms with Crippen LogP contribution in [0.5, 0.6) is 0 Å². The van der Waals surface area contributed by atoms with Gasteiger partial charge in [-0.3, -0.25) is 4.68 Å². The summed E-state index contributed by atoms with van der Waals surface area (Å²) in [5.74, 6) is -1.95. The monoisotopic (exact) mass is 262 g/mol. The zero-order chi connectivity index (χ0) is 14.2. The van der Waals surface area contributed by atoms with Gasteiger partial charge in [0, 0.05) is 11.3 Å². The summed E-state index contributed by atoms with van der Waals surface area (Å²) < 4.78 is 15.7. The third kappa shape index (κ3) is 2.36. The zero-order valence-corrected chi connectivity index (χ0v) is 11.1. The molecule has 0 bridgehead atoms. The van der Waals surface area contributed by atoms with Crippen LogP contribution in [0.3, 0.4) is 0 Å². The highest BCUT2D eigenvalue weighted by Gasteiger charge is 2.15. The predicted molar refractivity (Wildman–Crippen MR) is 68.9 cm³/mol. The molecule has 0 fully saturated rings. The molecular weight excluding hydrogens is 247 g/mol. The molecule has 0 unspecified atom stereocenters. The summed E-state index contributed by atoms with van der Waals surface area (Å²) >= 11 is 0. The van der Waals surface area contributed by atoms with Crippen molar-refractivity contribution >= 4 is 5.97 Å². The molecule has 1 N–H and O–H groups in total. The number of aryl methyl sites for hydroxylation is 1. The summed E-state index contributed by atoms with van der Waals surface area (Å²) in [6.07, 6.45) is 0. The van der Waals surface area contributed by atoms with Gasteiger partial charge in [-0.2, -0.15) is 5.10 Å². The van der Waals surface area contributed by atoms with Crippen LogP contribution in [-0.2, 0) is 6.54 Å². The highest BCUT2D eigenvalue weighted by Crippen LogP contribution is 2.17. The van der Waals surface area contributed by atoms with Crippen molar-refractivity contribution in [2.75, 3.05) is 0 Å². The van der Waals surface area contributed by atoms with Gasteiger partial charge in [-0.1, -0.05) is 12.1 Å². The largest absolute Gasteiger partial charge is 0.478 e. The molecule has 0 aliphatic carbocycles. The van der Waals surface area contributed by atoms with Gasteiger partial charge in [0.1, 0.15) is 5.82 Å². The van der Waals surface area contributed by atoms with Crippen LogP contribution in [-0.4, -0.2) is 20.9 Å².